The molecule has 0 bridgehead atoms. The van der Waals surface area contributed by atoms with Gasteiger partial charge in [0.25, 0.3) is 5.91 Å². The quantitative estimate of drug-likeness (QED) is 0.701. The number of carbonyl (C=O) groups excluding carboxylic acids is 1. The highest BCUT2D eigenvalue weighted by molar-refractivity contribution is 6.30. The Morgan fingerprint density at radius 3 is 2.71 bits per heavy atom. The van der Waals surface area contributed by atoms with Crippen molar-refractivity contribution < 1.29 is 14.3 Å². The molecule has 2 aromatic heterocycles. The van der Waals surface area contributed by atoms with Gasteiger partial charge in [-0.25, -0.2) is 14.5 Å². The van der Waals surface area contributed by atoms with Crippen LogP contribution in [-0.2, 0) is 0 Å². The molecular weight excluding hydrogens is 384 g/mol. The molecule has 0 fully saturated rings. The van der Waals surface area contributed by atoms with Crippen molar-refractivity contribution in [2.45, 2.75) is 19.4 Å². The molecule has 3 N–H and O–H groups in total. The zero-order valence-corrected chi connectivity index (χ0v) is 15.5. The topological polar surface area (TPSA) is 124 Å². The summed E-state index contributed by atoms with van der Waals surface area (Å²) in [5, 5.41) is 15.2. The number of aliphatic imine (C=N–C) groups is 1. The van der Waals surface area contributed by atoms with E-state index in [2.05, 4.69) is 10.1 Å². The van der Waals surface area contributed by atoms with E-state index in [1.807, 2.05) is 12.1 Å². The first kappa shape index (κ1) is 18.0. The lowest BCUT2D eigenvalue weighted by molar-refractivity contribution is 0.100. The number of primary amides is 1. The van der Waals surface area contributed by atoms with Crippen LogP contribution in [0.5, 0.6) is 5.75 Å². The van der Waals surface area contributed by atoms with Crippen LogP contribution < -0.4 is 11.4 Å². The summed E-state index contributed by atoms with van der Waals surface area (Å²) in [6.45, 7) is 1.56. The average molecular weight is 399 g/mol. The number of aromatic nitrogens is 2. The Morgan fingerprint density at radius 2 is 2.07 bits per heavy atom. The Balaban J connectivity index is 1.93. The Labute approximate surface area is 163 Å². The van der Waals surface area contributed by atoms with Gasteiger partial charge in [-0.15, -0.1) is 0 Å². The highest BCUT2D eigenvalue weighted by Crippen LogP contribution is 2.36. The summed E-state index contributed by atoms with van der Waals surface area (Å²) in [4.78, 5) is 28.6. The third kappa shape index (κ3) is 2.97. The number of hydrogen-bond acceptors (Lipinski definition) is 6. The largest absolute Gasteiger partial charge is 0.507 e. The number of halogens is 1. The summed E-state index contributed by atoms with van der Waals surface area (Å²) in [5.74, 6) is -0.440. The van der Waals surface area contributed by atoms with Gasteiger partial charge in [-0.2, -0.15) is 5.10 Å². The van der Waals surface area contributed by atoms with Crippen LogP contribution in [0.1, 0.15) is 39.7 Å². The molecule has 4 rings (SSSR count). The van der Waals surface area contributed by atoms with Crippen LogP contribution in [0.3, 0.4) is 0 Å². The number of rotatable bonds is 3. The maximum Gasteiger partial charge on any atom is 0.348 e. The molecule has 1 aliphatic rings. The maximum absolute atomic E-state index is 12.4. The van der Waals surface area contributed by atoms with Crippen molar-refractivity contribution in [3.05, 3.63) is 74.4 Å². The minimum atomic E-state index is -0.709. The number of nitrogens with zero attached hydrogens (tertiary/aromatic N) is 3. The van der Waals surface area contributed by atoms with Gasteiger partial charge in [0.2, 0.25) is 0 Å². The van der Waals surface area contributed by atoms with Gasteiger partial charge < -0.3 is 15.3 Å². The highest BCUT2D eigenvalue weighted by Gasteiger charge is 2.31. The van der Waals surface area contributed by atoms with Crippen molar-refractivity contribution in [2.24, 2.45) is 10.7 Å². The van der Waals surface area contributed by atoms with Crippen molar-refractivity contribution in [1.29, 1.82) is 0 Å². The lowest BCUT2D eigenvalue weighted by atomic mass is 9.96. The van der Waals surface area contributed by atoms with Crippen LogP contribution in [0, 0.1) is 6.92 Å². The van der Waals surface area contributed by atoms with Crippen molar-refractivity contribution in [2.75, 3.05) is 0 Å². The van der Waals surface area contributed by atoms with Crippen LogP contribution in [0.4, 0.5) is 5.82 Å². The van der Waals surface area contributed by atoms with Crippen molar-refractivity contribution in [1.82, 2.24) is 9.78 Å². The summed E-state index contributed by atoms with van der Waals surface area (Å²) < 4.78 is 6.69. The summed E-state index contributed by atoms with van der Waals surface area (Å²) in [7, 11) is 0. The van der Waals surface area contributed by atoms with Crippen LogP contribution in [0.25, 0.3) is 0 Å². The minimum Gasteiger partial charge on any atom is -0.507 e. The van der Waals surface area contributed by atoms with Crippen molar-refractivity contribution in [3.8, 4) is 5.75 Å². The predicted octanol–water partition coefficient (Wildman–Crippen LogP) is 2.72. The number of amides is 1. The lowest BCUT2D eigenvalue weighted by Gasteiger charge is -2.25. The van der Waals surface area contributed by atoms with E-state index in [4.69, 9.17) is 21.8 Å². The van der Waals surface area contributed by atoms with Gasteiger partial charge in [-0.1, -0.05) is 23.7 Å². The normalized spacial score (nSPS) is 15.8. The summed E-state index contributed by atoms with van der Waals surface area (Å²) in [6.07, 6.45) is 1.58. The van der Waals surface area contributed by atoms with E-state index in [1.165, 1.54) is 12.3 Å². The fourth-order valence-electron chi connectivity index (χ4n) is 3.28. The smallest absolute Gasteiger partial charge is 0.348 e. The molecule has 8 nitrogen and oxygen atoms in total. The van der Waals surface area contributed by atoms with Crippen LogP contribution in [0.15, 0.2) is 50.7 Å². The van der Waals surface area contributed by atoms with E-state index in [1.54, 1.807) is 23.7 Å². The number of fused-ring (bicyclic) bond motifs is 1. The lowest BCUT2D eigenvalue weighted by Crippen LogP contribution is -2.25. The third-order valence-electron chi connectivity index (χ3n) is 4.55. The number of benzene rings is 1. The first-order chi connectivity index (χ1) is 13.3. The first-order valence-electron chi connectivity index (χ1n) is 8.39. The standard InChI is InChI=1S/C19H15ClN4O4/c1-9-6-15(25)16(19(27)28-9)13-7-14(10-2-4-11(20)5-3-10)24-18(23-13)12(8-22-24)17(21)26/h2-6,8,14,25H,7H2,1H3,(H2,21,26)/t14-/m1/s1. The third-order valence-corrected chi connectivity index (χ3v) is 4.81. The van der Waals surface area contributed by atoms with E-state index in [9.17, 15) is 14.7 Å². The Hall–Kier alpha value is -3.39. The van der Waals surface area contributed by atoms with Gasteiger partial charge in [0.15, 0.2) is 5.82 Å². The molecule has 0 saturated carbocycles. The number of hydrogen-bond donors (Lipinski definition) is 2. The maximum atomic E-state index is 12.4. The number of aryl methyl sites for hydroxylation is 1. The SMILES string of the molecule is Cc1cc(O)c(C2=Nc3c(C(N)=O)cnn3[C@@H](c3ccc(Cl)cc3)C2)c(=O)o1. The molecule has 0 radical (unpaired) electrons. The second-order valence-electron chi connectivity index (χ2n) is 6.43. The zero-order valence-electron chi connectivity index (χ0n) is 14.7. The van der Waals surface area contributed by atoms with Crippen LogP contribution >= 0.6 is 11.6 Å². The second kappa shape index (κ2) is 6.65. The number of nitrogens with two attached hydrogens (primary N) is 1. The molecule has 1 aliphatic heterocycles. The van der Waals surface area contributed by atoms with Crippen LogP contribution in [-0.4, -0.2) is 26.5 Å². The molecule has 142 valence electrons. The fourth-order valence-corrected chi connectivity index (χ4v) is 3.40. The molecule has 0 saturated heterocycles. The summed E-state index contributed by atoms with van der Waals surface area (Å²) in [6, 6.07) is 8.08. The average Bonchev–Trinajstić information content (AvgIpc) is 3.05. The Morgan fingerprint density at radius 1 is 1.36 bits per heavy atom. The number of aromatic hydroxyl groups is 1. The van der Waals surface area contributed by atoms with Crippen molar-refractivity contribution >= 4 is 29.0 Å². The predicted molar refractivity (Wildman–Crippen MR) is 103 cm³/mol. The van der Waals surface area contributed by atoms with E-state index in [-0.39, 0.29) is 46.6 Å². The van der Waals surface area contributed by atoms with Gasteiger partial charge in [0.05, 0.1) is 18.0 Å². The molecule has 1 aromatic carbocycles. The number of carbonyl (C=O) groups is 1. The molecule has 0 unspecified atom stereocenters. The molecule has 3 aromatic rings. The minimum absolute atomic E-state index is 0.0487. The molecule has 0 spiro atoms. The van der Waals surface area contributed by atoms with E-state index >= 15 is 0 Å². The molecule has 0 aliphatic carbocycles. The van der Waals surface area contributed by atoms with E-state index < -0.39 is 11.5 Å². The van der Waals surface area contributed by atoms with Gasteiger partial charge in [-0.05, 0) is 24.6 Å². The van der Waals surface area contributed by atoms with Crippen molar-refractivity contribution in [3.63, 3.8) is 0 Å². The Kier molecular flexibility index (Phi) is 4.27. The monoisotopic (exact) mass is 398 g/mol. The fraction of sp³-hybridized carbons (Fsp3) is 0.158. The van der Waals surface area contributed by atoms with Gasteiger partial charge in [-0.3, -0.25) is 4.79 Å². The molecule has 28 heavy (non-hydrogen) atoms. The summed E-state index contributed by atoms with van der Waals surface area (Å²) in [5.41, 5.74) is 5.92. The molecular formula is C19H15ClN4O4. The highest BCUT2D eigenvalue weighted by atomic mass is 35.5. The molecule has 3 heterocycles. The molecule has 9 heteroatoms. The Bertz CT molecular complexity index is 1180. The van der Waals surface area contributed by atoms with E-state index in [0.29, 0.717) is 5.02 Å². The van der Waals surface area contributed by atoms with Gasteiger partial charge >= 0.3 is 5.63 Å². The first-order valence-corrected chi connectivity index (χ1v) is 8.77. The van der Waals surface area contributed by atoms with E-state index in [0.717, 1.165) is 5.56 Å². The van der Waals surface area contributed by atoms with Gasteiger partial charge in [0, 0.05) is 17.5 Å². The summed E-state index contributed by atoms with van der Waals surface area (Å²) >= 11 is 5.98. The molecule has 1 atom stereocenters. The zero-order chi connectivity index (χ0) is 20.0. The van der Waals surface area contributed by atoms with Gasteiger partial charge in [0.1, 0.15) is 22.6 Å². The van der Waals surface area contributed by atoms with Crippen LogP contribution in [0.2, 0.25) is 5.02 Å². The second-order valence-corrected chi connectivity index (χ2v) is 6.86. The molecule has 1 amide bonds.